The Bertz CT molecular complexity index is 1070. The second kappa shape index (κ2) is 9.55. The Kier molecular flexibility index (Phi) is 6.60. The summed E-state index contributed by atoms with van der Waals surface area (Å²) in [7, 11) is 1.65. The molecule has 1 N–H and O–H groups in total. The van der Waals surface area contributed by atoms with Gasteiger partial charge in [0.15, 0.2) is 0 Å². The Morgan fingerprint density at radius 2 is 1.74 bits per heavy atom. The number of aliphatic hydroxyl groups is 1. The van der Waals surface area contributed by atoms with Crippen LogP contribution >= 0.6 is 11.8 Å². The molecular weight excluding hydrogens is 404 g/mol. The van der Waals surface area contributed by atoms with E-state index in [-0.39, 0.29) is 0 Å². The number of ether oxygens (including phenoxy) is 1. The summed E-state index contributed by atoms with van der Waals surface area (Å²) >= 11 is 1.49. The molecule has 1 fully saturated rings. The molecular formula is C26H26N2O2S. The maximum Gasteiger partial charge on any atom is 0.118 e. The molecule has 4 rings (SSSR count). The lowest BCUT2D eigenvalue weighted by Gasteiger charge is -2.31. The van der Waals surface area contributed by atoms with Crippen LogP contribution in [-0.2, 0) is 0 Å². The quantitative estimate of drug-likeness (QED) is 0.480. The van der Waals surface area contributed by atoms with Crippen molar-refractivity contribution in [2.75, 3.05) is 12.9 Å². The summed E-state index contributed by atoms with van der Waals surface area (Å²) in [4.78, 5) is 4.86. The summed E-state index contributed by atoms with van der Waals surface area (Å²) < 4.78 is 5.28. The lowest BCUT2D eigenvalue weighted by atomic mass is 9.86. The van der Waals surface area contributed by atoms with Crippen LogP contribution in [0.1, 0.15) is 37.7 Å². The average Bonchev–Trinajstić information content (AvgIpc) is 2.83. The molecule has 1 heterocycles. The van der Waals surface area contributed by atoms with Crippen molar-refractivity contribution in [3.05, 3.63) is 66.2 Å². The minimum absolute atomic E-state index is 0.551. The summed E-state index contributed by atoms with van der Waals surface area (Å²) in [5.41, 5.74) is 3.49. The van der Waals surface area contributed by atoms with Gasteiger partial charge in [-0.3, -0.25) is 0 Å². The first-order chi connectivity index (χ1) is 15.1. The third kappa shape index (κ3) is 4.92. The third-order valence-corrected chi connectivity index (χ3v) is 7.08. The van der Waals surface area contributed by atoms with Crippen LogP contribution < -0.4 is 4.74 Å². The van der Waals surface area contributed by atoms with Crippen molar-refractivity contribution in [3.8, 4) is 34.2 Å². The molecule has 0 atom stereocenters. The van der Waals surface area contributed by atoms with Crippen molar-refractivity contribution >= 4 is 11.8 Å². The van der Waals surface area contributed by atoms with Gasteiger partial charge in [-0.05, 0) is 48.7 Å². The molecule has 1 aliphatic carbocycles. The van der Waals surface area contributed by atoms with Gasteiger partial charge in [-0.25, -0.2) is 4.98 Å². The third-order valence-electron chi connectivity index (χ3n) is 5.83. The fraction of sp³-hybridized carbons (Fsp3) is 0.308. The highest BCUT2D eigenvalue weighted by atomic mass is 32.2. The second-order valence-electron chi connectivity index (χ2n) is 8.02. The molecule has 0 unspecified atom stereocenters. The Balaban J connectivity index is 1.77. The van der Waals surface area contributed by atoms with Gasteiger partial charge in [-0.15, -0.1) is 11.8 Å². The largest absolute Gasteiger partial charge is 0.497 e. The van der Waals surface area contributed by atoms with E-state index in [1.54, 1.807) is 7.11 Å². The first-order valence-electron chi connectivity index (χ1n) is 10.6. The molecule has 0 saturated heterocycles. The molecule has 4 nitrogen and oxygen atoms in total. The fourth-order valence-corrected chi connectivity index (χ4v) is 5.20. The van der Waals surface area contributed by atoms with E-state index in [2.05, 4.69) is 6.07 Å². The van der Waals surface area contributed by atoms with Crippen molar-refractivity contribution in [1.82, 2.24) is 4.98 Å². The smallest absolute Gasteiger partial charge is 0.118 e. The predicted octanol–water partition coefficient (Wildman–Crippen LogP) is 6.08. The zero-order chi connectivity index (χ0) is 21.7. The van der Waals surface area contributed by atoms with Crippen LogP contribution in [0.25, 0.3) is 22.4 Å². The van der Waals surface area contributed by atoms with E-state index in [1.165, 1.54) is 18.2 Å². The maximum atomic E-state index is 11.0. The van der Waals surface area contributed by atoms with Crippen LogP contribution in [0.4, 0.5) is 0 Å². The fourth-order valence-electron chi connectivity index (χ4n) is 4.05. The van der Waals surface area contributed by atoms with Crippen molar-refractivity contribution in [1.29, 1.82) is 5.26 Å². The average molecular weight is 431 g/mol. The van der Waals surface area contributed by atoms with Gasteiger partial charge in [-0.1, -0.05) is 49.6 Å². The van der Waals surface area contributed by atoms with Crippen LogP contribution in [0.5, 0.6) is 5.75 Å². The van der Waals surface area contributed by atoms with Crippen molar-refractivity contribution in [2.24, 2.45) is 0 Å². The van der Waals surface area contributed by atoms with E-state index in [0.29, 0.717) is 16.3 Å². The summed E-state index contributed by atoms with van der Waals surface area (Å²) in [5.74, 6) is 1.34. The van der Waals surface area contributed by atoms with Gasteiger partial charge in [0.05, 0.1) is 24.0 Å². The van der Waals surface area contributed by atoms with Crippen LogP contribution in [0, 0.1) is 11.3 Å². The molecule has 158 valence electrons. The van der Waals surface area contributed by atoms with Crippen molar-refractivity contribution < 1.29 is 9.84 Å². The van der Waals surface area contributed by atoms with E-state index in [0.717, 1.165) is 53.8 Å². The Labute approximate surface area is 187 Å². The van der Waals surface area contributed by atoms with Gasteiger partial charge in [0, 0.05) is 16.9 Å². The standard InChI is InChI=1S/C26H26N2O2S/c1-30-21-12-10-20(11-13-21)24-16-22(19-8-4-2-5-9-19)23(17-27)25(28-24)31-18-26(29)14-6-3-7-15-26/h2,4-5,8-13,16,29H,3,6-7,14-15,18H2,1H3. The lowest BCUT2D eigenvalue weighted by molar-refractivity contribution is 0.0272. The molecule has 0 spiro atoms. The van der Waals surface area contributed by atoms with Crippen molar-refractivity contribution in [2.45, 2.75) is 42.7 Å². The number of nitriles is 1. The summed E-state index contributed by atoms with van der Waals surface area (Å²) in [6, 6.07) is 22.1. The summed E-state index contributed by atoms with van der Waals surface area (Å²) in [6.45, 7) is 0. The monoisotopic (exact) mass is 430 g/mol. The molecule has 1 aliphatic rings. The van der Waals surface area contributed by atoms with Crippen LogP contribution in [0.2, 0.25) is 0 Å². The van der Waals surface area contributed by atoms with Crippen molar-refractivity contribution in [3.63, 3.8) is 0 Å². The normalized spacial score (nSPS) is 15.3. The van der Waals surface area contributed by atoms with Gasteiger partial charge < -0.3 is 9.84 Å². The SMILES string of the molecule is COc1ccc(-c2cc(-c3ccccc3)c(C#N)c(SCC3(O)CCCCC3)n2)cc1. The number of nitrogens with zero attached hydrogens (tertiary/aromatic N) is 2. The number of benzene rings is 2. The molecule has 0 amide bonds. The van der Waals surface area contributed by atoms with Crippen LogP contribution in [0.3, 0.4) is 0 Å². The molecule has 1 saturated carbocycles. The highest BCUT2D eigenvalue weighted by Gasteiger charge is 2.30. The van der Waals surface area contributed by atoms with Gasteiger partial charge in [0.2, 0.25) is 0 Å². The second-order valence-corrected chi connectivity index (χ2v) is 8.98. The van der Waals surface area contributed by atoms with E-state index in [4.69, 9.17) is 9.72 Å². The molecule has 0 aliphatic heterocycles. The molecule has 0 bridgehead atoms. The van der Waals surface area contributed by atoms with E-state index in [1.807, 2.05) is 60.7 Å². The van der Waals surface area contributed by atoms with Gasteiger partial charge in [0.25, 0.3) is 0 Å². The summed E-state index contributed by atoms with van der Waals surface area (Å²) in [6.07, 6.45) is 4.91. The highest BCUT2D eigenvalue weighted by molar-refractivity contribution is 7.99. The maximum absolute atomic E-state index is 11.0. The highest BCUT2D eigenvalue weighted by Crippen LogP contribution is 2.38. The number of thioether (sulfide) groups is 1. The molecule has 1 aromatic heterocycles. The van der Waals surface area contributed by atoms with Crippen LogP contribution in [0.15, 0.2) is 65.7 Å². The number of rotatable bonds is 6. The number of methoxy groups -OCH3 is 1. The zero-order valence-electron chi connectivity index (χ0n) is 17.7. The number of aromatic nitrogens is 1. The molecule has 0 radical (unpaired) electrons. The van der Waals surface area contributed by atoms with Gasteiger partial charge >= 0.3 is 0 Å². The molecule has 2 aromatic carbocycles. The van der Waals surface area contributed by atoms with E-state index in [9.17, 15) is 10.4 Å². The number of pyridine rings is 1. The Hall–Kier alpha value is -2.81. The number of hydrogen-bond donors (Lipinski definition) is 1. The summed E-state index contributed by atoms with van der Waals surface area (Å²) in [5, 5.41) is 21.7. The van der Waals surface area contributed by atoms with Crippen LogP contribution in [-0.4, -0.2) is 28.6 Å². The first-order valence-corrected chi connectivity index (χ1v) is 11.6. The molecule has 3 aromatic rings. The minimum atomic E-state index is -0.680. The Morgan fingerprint density at radius 1 is 1.03 bits per heavy atom. The lowest BCUT2D eigenvalue weighted by Crippen LogP contribution is -2.34. The minimum Gasteiger partial charge on any atom is -0.497 e. The molecule has 31 heavy (non-hydrogen) atoms. The topological polar surface area (TPSA) is 66.1 Å². The first kappa shape index (κ1) is 21.4. The van der Waals surface area contributed by atoms with Gasteiger partial charge in [-0.2, -0.15) is 5.26 Å². The Morgan fingerprint density at radius 3 is 2.39 bits per heavy atom. The zero-order valence-corrected chi connectivity index (χ0v) is 18.5. The van der Waals surface area contributed by atoms with E-state index >= 15 is 0 Å². The van der Waals surface area contributed by atoms with E-state index < -0.39 is 5.60 Å². The number of hydrogen-bond acceptors (Lipinski definition) is 5. The molecule has 5 heteroatoms. The van der Waals surface area contributed by atoms with Gasteiger partial charge in [0.1, 0.15) is 16.8 Å². The predicted molar refractivity (Wildman–Crippen MR) is 125 cm³/mol.